The largest absolute Gasteiger partial charge is 0.212 e. The van der Waals surface area contributed by atoms with Crippen LogP contribution in [0.3, 0.4) is 0 Å². The molecule has 0 radical (unpaired) electrons. The molecule has 20 heavy (non-hydrogen) atoms. The molecule has 0 amide bonds. The van der Waals surface area contributed by atoms with Crippen LogP contribution in [0.5, 0.6) is 0 Å². The van der Waals surface area contributed by atoms with Crippen molar-refractivity contribution in [2.75, 3.05) is 5.75 Å². The van der Waals surface area contributed by atoms with Crippen molar-refractivity contribution in [2.45, 2.75) is 51.0 Å². The topological polar surface area (TPSA) is 46.2 Å². The van der Waals surface area contributed by atoms with E-state index in [9.17, 15) is 8.42 Å². The fourth-order valence-corrected chi connectivity index (χ4v) is 4.30. The summed E-state index contributed by atoms with van der Waals surface area (Å²) in [6.07, 6.45) is 6.74. The normalized spacial score (nSPS) is 17.2. The average Bonchev–Trinajstić information content (AvgIpc) is 2.41. The number of benzene rings is 1. The molecule has 1 fully saturated rings. The van der Waals surface area contributed by atoms with Crippen LogP contribution in [-0.2, 0) is 16.4 Å². The van der Waals surface area contributed by atoms with Crippen LogP contribution in [0.15, 0.2) is 24.3 Å². The monoisotopic (exact) mass is 315 g/mol. The van der Waals surface area contributed by atoms with Gasteiger partial charge >= 0.3 is 0 Å². The Bertz CT molecular complexity index is 524. The summed E-state index contributed by atoms with van der Waals surface area (Å²) in [7, 11) is -3.16. The standard InChI is InChI=1S/C15H22ClNO2S/c16-15-11-5-4-7-13(15)8-6-12-20(18,19)17-14-9-2-1-3-10-14/h4-5,7,11,14,17H,1-3,6,8-10,12H2. The van der Waals surface area contributed by atoms with Gasteiger partial charge in [0.1, 0.15) is 0 Å². The number of rotatable bonds is 6. The van der Waals surface area contributed by atoms with E-state index in [1.165, 1.54) is 6.42 Å². The number of halogens is 1. The highest BCUT2D eigenvalue weighted by Crippen LogP contribution is 2.19. The maximum absolute atomic E-state index is 12.0. The summed E-state index contributed by atoms with van der Waals surface area (Å²) in [5.74, 6) is 0.175. The van der Waals surface area contributed by atoms with Gasteiger partial charge in [0, 0.05) is 11.1 Å². The molecule has 1 N–H and O–H groups in total. The molecule has 5 heteroatoms. The van der Waals surface area contributed by atoms with Crippen LogP contribution in [0.1, 0.15) is 44.1 Å². The summed E-state index contributed by atoms with van der Waals surface area (Å²) >= 11 is 6.06. The molecular weight excluding hydrogens is 294 g/mol. The molecule has 0 saturated heterocycles. The zero-order valence-electron chi connectivity index (χ0n) is 11.6. The first-order valence-electron chi connectivity index (χ1n) is 7.30. The quantitative estimate of drug-likeness (QED) is 0.873. The van der Waals surface area contributed by atoms with Gasteiger partial charge in [0.05, 0.1) is 5.75 Å². The summed E-state index contributed by atoms with van der Waals surface area (Å²) in [6, 6.07) is 7.74. The highest BCUT2D eigenvalue weighted by molar-refractivity contribution is 7.89. The van der Waals surface area contributed by atoms with Gasteiger partial charge in [-0.2, -0.15) is 0 Å². The second-order valence-corrected chi connectivity index (χ2v) is 7.75. The minimum Gasteiger partial charge on any atom is -0.212 e. The zero-order valence-corrected chi connectivity index (χ0v) is 13.2. The number of hydrogen-bond donors (Lipinski definition) is 1. The SMILES string of the molecule is O=S(=O)(CCCc1ccccc1Cl)NC1CCCCC1. The Morgan fingerprint density at radius 1 is 1.15 bits per heavy atom. The van der Waals surface area contributed by atoms with Gasteiger partial charge in [-0.3, -0.25) is 0 Å². The van der Waals surface area contributed by atoms with Crippen LogP contribution in [0.25, 0.3) is 0 Å². The Morgan fingerprint density at radius 3 is 2.55 bits per heavy atom. The van der Waals surface area contributed by atoms with E-state index >= 15 is 0 Å². The van der Waals surface area contributed by atoms with Gasteiger partial charge in [0.15, 0.2) is 0 Å². The van der Waals surface area contributed by atoms with Crippen molar-refractivity contribution in [3.63, 3.8) is 0 Å². The van der Waals surface area contributed by atoms with Crippen LogP contribution >= 0.6 is 11.6 Å². The number of hydrogen-bond acceptors (Lipinski definition) is 2. The third-order valence-corrected chi connectivity index (χ3v) is 5.66. The third-order valence-electron chi connectivity index (χ3n) is 3.77. The summed E-state index contributed by atoms with van der Waals surface area (Å²) in [6.45, 7) is 0. The molecule has 0 atom stereocenters. The van der Waals surface area contributed by atoms with Crippen molar-refractivity contribution in [2.24, 2.45) is 0 Å². The Kier molecular flexibility index (Phi) is 5.87. The summed E-state index contributed by atoms with van der Waals surface area (Å²) in [5.41, 5.74) is 1.02. The van der Waals surface area contributed by atoms with E-state index < -0.39 is 10.0 Å². The smallest absolute Gasteiger partial charge is 0.211 e. The lowest BCUT2D eigenvalue weighted by Gasteiger charge is -2.22. The summed E-state index contributed by atoms with van der Waals surface area (Å²) in [5, 5.41) is 0.713. The average molecular weight is 316 g/mol. The van der Waals surface area contributed by atoms with Gasteiger partial charge in [-0.25, -0.2) is 13.1 Å². The molecule has 0 aromatic heterocycles. The highest BCUT2D eigenvalue weighted by atomic mass is 35.5. The zero-order chi connectivity index (χ0) is 14.4. The predicted molar refractivity (Wildman–Crippen MR) is 83.6 cm³/mol. The molecule has 1 aliphatic carbocycles. The Morgan fingerprint density at radius 2 is 1.85 bits per heavy atom. The molecule has 0 aliphatic heterocycles. The maximum atomic E-state index is 12.0. The first kappa shape index (κ1) is 15.8. The molecule has 0 heterocycles. The van der Waals surface area contributed by atoms with Gasteiger partial charge in [-0.1, -0.05) is 49.1 Å². The van der Waals surface area contributed by atoms with Crippen LogP contribution in [0, 0.1) is 0 Å². The van der Waals surface area contributed by atoms with Gasteiger partial charge in [-0.05, 0) is 37.3 Å². The minimum atomic E-state index is -3.16. The third kappa shape index (κ3) is 5.08. The number of nitrogens with one attached hydrogen (secondary N) is 1. The molecule has 1 aromatic rings. The maximum Gasteiger partial charge on any atom is 0.211 e. The van der Waals surface area contributed by atoms with Gasteiger partial charge in [-0.15, -0.1) is 0 Å². The fraction of sp³-hybridized carbons (Fsp3) is 0.600. The van der Waals surface area contributed by atoms with Gasteiger partial charge in [0.25, 0.3) is 0 Å². The Labute approximate surface area is 126 Å². The first-order valence-corrected chi connectivity index (χ1v) is 9.33. The van der Waals surface area contributed by atoms with E-state index in [0.717, 1.165) is 31.2 Å². The van der Waals surface area contributed by atoms with Gasteiger partial charge in [0.2, 0.25) is 10.0 Å². The van der Waals surface area contributed by atoms with E-state index in [2.05, 4.69) is 4.72 Å². The first-order chi connectivity index (χ1) is 9.57. The molecule has 0 spiro atoms. The van der Waals surface area contributed by atoms with Crippen LogP contribution in [0.4, 0.5) is 0 Å². The minimum absolute atomic E-state index is 0.147. The van der Waals surface area contributed by atoms with Crippen LogP contribution < -0.4 is 4.72 Å². The second kappa shape index (κ2) is 7.43. The van der Waals surface area contributed by atoms with Crippen LogP contribution in [-0.4, -0.2) is 20.2 Å². The van der Waals surface area contributed by atoms with Gasteiger partial charge < -0.3 is 0 Å². The van der Waals surface area contributed by atoms with Crippen molar-refractivity contribution >= 4 is 21.6 Å². The molecule has 1 aliphatic rings. The second-order valence-electron chi connectivity index (χ2n) is 5.47. The van der Waals surface area contributed by atoms with E-state index in [1.807, 2.05) is 24.3 Å². The van der Waals surface area contributed by atoms with E-state index in [4.69, 9.17) is 11.6 Å². The van der Waals surface area contributed by atoms with Crippen LogP contribution in [0.2, 0.25) is 5.02 Å². The molecule has 112 valence electrons. The van der Waals surface area contributed by atoms with E-state index in [-0.39, 0.29) is 11.8 Å². The number of aryl methyl sites for hydroxylation is 1. The van der Waals surface area contributed by atoms with Crippen molar-refractivity contribution in [1.82, 2.24) is 4.72 Å². The van der Waals surface area contributed by atoms with Crippen molar-refractivity contribution in [3.05, 3.63) is 34.9 Å². The predicted octanol–water partition coefficient (Wildman–Crippen LogP) is 3.52. The molecule has 1 aromatic carbocycles. The van der Waals surface area contributed by atoms with E-state index in [0.29, 0.717) is 17.9 Å². The molecule has 0 unspecified atom stereocenters. The van der Waals surface area contributed by atoms with Crippen molar-refractivity contribution in [3.8, 4) is 0 Å². The Hall–Kier alpha value is -0.580. The van der Waals surface area contributed by atoms with E-state index in [1.54, 1.807) is 0 Å². The van der Waals surface area contributed by atoms with Crippen molar-refractivity contribution < 1.29 is 8.42 Å². The number of sulfonamides is 1. The molecule has 2 rings (SSSR count). The summed E-state index contributed by atoms with van der Waals surface area (Å²) < 4.78 is 26.9. The highest BCUT2D eigenvalue weighted by Gasteiger charge is 2.19. The lowest BCUT2D eigenvalue weighted by Crippen LogP contribution is -2.37. The fourth-order valence-electron chi connectivity index (χ4n) is 2.69. The Balaban J connectivity index is 1.79. The molecule has 1 saturated carbocycles. The summed E-state index contributed by atoms with van der Waals surface area (Å²) in [4.78, 5) is 0. The van der Waals surface area contributed by atoms with Crippen molar-refractivity contribution in [1.29, 1.82) is 0 Å². The molecule has 0 bridgehead atoms. The molecule has 3 nitrogen and oxygen atoms in total. The lowest BCUT2D eigenvalue weighted by molar-refractivity contribution is 0.412. The lowest BCUT2D eigenvalue weighted by atomic mass is 9.96. The molecular formula is C15H22ClNO2S.